The number of halogens is 1. The normalized spacial score (nSPS) is 10.6. The van der Waals surface area contributed by atoms with Crippen LogP contribution in [0.5, 0.6) is 11.5 Å². The Bertz CT molecular complexity index is 656. The van der Waals surface area contributed by atoms with Crippen LogP contribution in [0.2, 0.25) is 5.02 Å². The Labute approximate surface area is 131 Å². The summed E-state index contributed by atoms with van der Waals surface area (Å²) in [4.78, 5) is 12.3. The SMILES string of the molecule is COc1cc(/C=N\NC(=O)c2cccs2)cc(Cl)c1OC. The van der Waals surface area contributed by atoms with Gasteiger partial charge in [-0.05, 0) is 29.1 Å². The second-order valence-electron chi connectivity index (χ2n) is 3.91. The van der Waals surface area contributed by atoms with Crippen LogP contribution >= 0.6 is 22.9 Å². The molecule has 5 nitrogen and oxygen atoms in total. The van der Waals surface area contributed by atoms with Crippen LogP contribution in [0, 0.1) is 0 Å². The maximum absolute atomic E-state index is 11.7. The molecular formula is C14H13ClN2O3S. The fourth-order valence-corrected chi connectivity index (χ4v) is 2.55. The Kier molecular flexibility index (Phi) is 5.19. The fourth-order valence-electron chi connectivity index (χ4n) is 1.64. The van der Waals surface area contributed by atoms with E-state index in [2.05, 4.69) is 10.5 Å². The van der Waals surface area contributed by atoms with E-state index in [1.54, 1.807) is 24.3 Å². The van der Waals surface area contributed by atoms with E-state index in [1.165, 1.54) is 31.8 Å². The first-order valence-electron chi connectivity index (χ1n) is 5.94. The van der Waals surface area contributed by atoms with E-state index in [0.717, 1.165) is 0 Å². The molecule has 0 saturated carbocycles. The molecule has 1 aromatic heterocycles. The largest absolute Gasteiger partial charge is 0.493 e. The van der Waals surface area contributed by atoms with Gasteiger partial charge in [0.25, 0.3) is 5.91 Å². The Morgan fingerprint density at radius 2 is 2.19 bits per heavy atom. The van der Waals surface area contributed by atoms with E-state index in [9.17, 15) is 4.79 Å². The first-order valence-corrected chi connectivity index (χ1v) is 7.20. The summed E-state index contributed by atoms with van der Waals surface area (Å²) in [5.41, 5.74) is 3.13. The maximum Gasteiger partial charge on any atom is 0.281 e. The lowest BCUT2D eigenvalue weighted by atomic mass is 10.2. The van der Waals surface area contributed by atoms with Crippen molar-refractivity contribution in [1.29, 1.82) is 0 Å². The molecule has 0 spiro atoms. The third-order valence-corrected chi connectivity index (χ3v) is 3.73. The number of nitrogens with zero attached hydrogens (tertiary/aromatic N) is 1. The summed E-state index contributed by atoms with van der Waals surface area (Å²) in [6.07, 6.45) is 1.49. The van der Waals surface area contributed by atoms with Gasteiger partial charge in [0.1, 0.15) is 0 Å². The summed E-state index contributed by atoms with van der Waals surface area (Å²) in [6.45, 7) is 0. The zero-order valence-corrected chi connectivity index (χ0v) is 13.0. The van der Waals surface area contributed by atoms with Gasteiger partial charge in [-0.1, -0.05) is 17.7 Å². The van der Waals surface area contributed by atoms with Crippen LogP contribution in [-0.2, 0) is 0 Å². The Hall–Kier alpha value is -2.05. The third-order valence-electron chi connectivity index (χ3n) is 2.58. The Morgan fingerprint density at radius 1 is 1.38 bits per heavy atom. The van der Waals surface area contributed by atoms with Gasteiger partial charge in [0, 0.05) is 0 Å². The zero-order valence-electron chi connectivity index (χ0n) is 11.4. The van der Waals surface area contributed by atoms with E-state index in [1.807, 2.05) is 5.38 Å². The smallest absolute Gasteiger partial charge is 0.281 e. The van der Waals surface area contributed by atoms with Crippen LogP contribution in [0.4, 0.5) is 0 Å². The quantitative estimate of drug-likeness (QED) is 0.678. The van der Waals surface area contributed by atoms with Gasteiger partial charge in [0.05, 0.1) is 30.3 Å². The van der Waals surface area contributed by atoms with Crippen molar-refractivity contribution in [2.75, 3.05) is 14.2 Å². The van der Waals surface area contributed by atoms with Crippen LogP contribution in [0.25, 0.3) is 0 Å². The van der Waals surface area contributed by atoms with Gasteiger partial charge in [-0.25, -0.2) is 5.43 Å². The molecule has 0 saturated heterocycles. The van der Waals surface area contributed by atoms with E-state index in [-0.39, 0.29) is 5.91 Å². The lowest BCUT2D eigenvalue weighted by Crippen LogP contribution is -2.16. The van der Waals surface area contributed by atoms with Crippen molar-refractivity contribution in [3.05, 3.63) is 45.1 Å². The van der Waals surface area contributed by atoms with Gasteiger partial charge in [-0.2, -0.15) is 5.10 Å². The molecule has 21 heavy (non-hydrogen) atoms. The van der Waals surface area contributed by atoms with Crippen molar-refractivity contribution in [3.8, 4) is 11.5 Å². The molecule has 0 bridgehead atoms. The highest BCUT2D eigenvalue weighted by Gasteiger charge is 2.10. The van der Waals surface area contributed by atoms with E-state index in [4.69, 9.17) is 21.1 Å². The monoisotopic (exact) mass is 324 g/mol. The molecule has 110 valence electrons. The van der Waals surface area contributed by atoms with Crippen molar-refractivity contribution < 1.29 is 14.3 Å². The second-order valence-corrected chi connectivity index (χ2v) is 5.27. The van der Waals surface area contributed by atoms with Crippen molar-refractivity contribution >= 4 is 35.1 Å². The molecule has 0 radical (unpaired) electrons. The third kappa shape index (κ3) is 3.74. The number of hydrogen-bond acceptors (Lipinski definition) is 5. The van der Waals surface area contributed by atoms with Crippen molar-refractivity contribution in [1.82, 2.24) is 5.43 Å². The number of carbonyl (C=O) groups excluding carboxylic acids is 1. The highest BCUT2D eigenvalue weighted by Crippen LogP contribution is 2.35. The Balaban J connectivity index is 2.11. The van der Waals surface area contributed by atoms with Crippen molar-refractivity contribution in [2.45, 2.75) is 0 Å². The number of methoxy groups -OCH3 is 2. The number of nitrogens with one attached hydrogen (secondary N) is 1. The van der Waals surface area contributed by atoms with Gasteiger partial charge in [0.2, 0.25) is 0 Å². The highest BCUT2D eigenvalue weighted by molar-refractivity contribution is 7.12. The molecule has 0 unspecified atom stereocenters. The first kappa shape index (κ1) is 15.3. The molecule has 0 atom stereocenters. The number of amides is 1. The standard InChI is InChI=1S/C14H13ClN2O3S/c1-19-11-7-9(6-10(15)13(11)20-2)8-16-17-14(18)12-4-3-5-21-12/h3-8H,1-2H3,(H,17,18)/b16-8-. The number of benzene rings is 1. The molecule has 0 aliphatic rings. The van der Waals surface area contributed by atoms with Crippen LogP contribution in [-0.4, -0.2) is 26.3 Å². The molecular weight excluding hydrogens is 312 g/mol. The number of hydrazone groups is 1. The van der Waals surface area contributed by atoms with Gasteiger partial charge >= 0.3 is 0 Å². The molecule has 0 aliphatic heterocycles. The maximum atomic E-state index is 11.7. The number of carbonyl (C=O) groups is 1. The minimum Gasteiger partial charge on any atom is -0.493 e. The zero-order chi connectivity index (χ0) is 15.2. The number of rotatable bonds is 5. The van der Waals surface area contributed by atoms with Crippen molar-refractivity contribution in [3.63, 3.8) is 0 Å². The van der Waals surface area contributed by atoms with Gasteiger partial charge < -0.3 is 9.47 Å². The highest BCUT2D eigenvalue weighted by atomic mass is 35.5. The second kappa shape index (κ2) is 7.10. The molecule has 0 fully saturated rings. The minimum absolute atomic E-state index is 0.257. The molecule has 2 rings (SSSR count). The summed E-state index contributed by atoms with van der Waals surface area (Å²) in [6, 6.07) is 6.91. The van der Waals surface area contributed by atoms with Crippen molar-refractivity contribution in [2.24, 2.45) is 5.10 Å². The van der Waals surface area contributed by atoms with Crippen LogP contribution in [0.3, 0.4) is 0 Å². The molecule has 7 heteroatoms. The molecule has 1 aromatic carbocycles. The van der Waals surface area contributed by atoms with Gasteiger partial charge in [-0.15, -0.1) is 11.3 Å². The lowest BCUT2D eigenvalue weighted by molar-refractivity contribution is 0.0959. The summed E-state index contributed by atoms with van der Waals surface area (Å²) < 4.78 is 10.3. The predicted molar refractivity (Wildman–Crippen MR) is 83.9 cm³/mol. The van der Waals surface area contributed by atoms with Crippen LogP contribution in [0.15, 0.2) is 34.7 Å². The molecule has 1 heterocycles. The molecule has 2 aromatic rings. The number of hydrogen-bond donors (Lipinski definition) is 1. The average Bonchev–Trinajstić information content (AvgIpc) is 3.00. The van der Waals surface area contributed by atoms with Gasteiger partial charge in [0.15, 0.2) is 11.5 Å². The lowest BCUT2D eigenvalue weighted by Gasteiger charge is -2.09. The summed E-state index contributed by atoms with van der Waals surface area (Å²) >= 11 is 7.43. The van der Waals surface area contributed by atoms with Crippen LogP contribution < -0.4 is 14.9 Å². The number of thiophene rings is 1. The molecule has 1 amide bonds. The van der Waals surface area contributed by atoms with Crippen LogP contribution in [0.1, 0.15) is 15.2 Å². The topological polar surface area (TPSA) is 59.9 Å². The Morgan fingerprint density at radius 3 is 2.81 bits per heavy atom. The van der Waals surface area contributed by atoms with E-state index >= 15 is 0 Å². The summed E-state index contributed by atoms with van der Waals surface area (Å²) in [5, 5.41) is 6.13. The minimum atomic E-state index is -0.257. The molecule has 1 N–H and O–H groups in total. The predicted octanol–water partition coefficient (Wildman–Crippen LogP) is 3.18. The summed E-state index contributed by atoms with van der Waals surface area (Å²) in [7, 11) is 3.03. The van der Waals surface area contributed by atoms with Gasteiger partial charge in [-0.3, -0.25) is 4.79 Å². The van der Waals surface area contributed by atoms with E-state index < -0.39 is 0 Å². The summed E-state index contributed by atoms with van der Waals surface area (Å²) in [5.74, 6) is 0.697. The molecule has 0 aliphatic carbocycles. The first-order chi connectivity index (χ1) is 10.2. The number of ether oxygens (including phenoxy) is 2. The average molecular weight is 325 g/mol. The van der Waals surface area contributed by atoms with E-state index in [0.29, 0.717) is 27.0 Å². The fraction of sp³-hybridized carbons (Fsp3) is 0.143.